The molecule has 0 radical (unpaired) electrons. The van der Waals surface area contributed by atoms with Gasteiger partial charge in [-0.2, -0.15) is 0 Å². The molecule has 31 heavy (non-hydrogen) atoms. The molecule has 7 nitrogen and oxygen atoms in total. The molecule has 1 atom stereocenters. The second kappa shape index (κ2) is 8.61. The Hall–Kier alpha value is -3.65. The first-order valence-corrected chi connectivity index (χ1v) is 10.4. The van der Waals surface area contributed by atoms with Crippen molar-refractivity contribution in [2.75, 3.05) is 14.2 Å². The molecule has 1 aromatic carbocycles. The number of ether oxygens (including phenoxy) is 2. The fourth-order valence-corrected chi connectivity index (χ4v) is 4.46. The third-order valence-corrected chi connectivity index (χ3v) is 6.04. The van der Waals surface area contributed by atoms with Crippen LogP contribution in [0, 0.1) is 0 Å². The van der Waals surface area contributed by atoms with Gasteiger partial charge in [-0.05, 0) is 47.3 Å². The molecular formula is C23H20N2O5S. The van der Waals surface area contributed by atoms with Crippen LogP contribution in [-0.2, 0) is 16.1 Å². The molecule has 1 aliphatic rings. The summed E-state index contributed by atoms with van der Waals surface area (Å²) in [5, 5.41) is 13.0. The number of amides is 1. The summed E-state index contributed by atoms with van der Waals surface area (Å²) in [6.45, 7) is 0.221. The molecule has 1 unspecified atom stereocenters. The number of aliphatic hydroxyl groups excluding tert-OH is 1. The summed E-state index contributed by atoms with van der Waals surface area (Å²) in [6, 6.07) is 11.4. The molecule has 3 heterocycles. The molecule has 0 saturated carbocycles. The van der Waals surface area contributed by atoms with E-state index in [2.05, 4.69) is 4.98 Å². The minimum Gasteiger partial charge on any atom is -0.507 e. The Morgan fingerprint density at radius 2 is 1.84 bits per heavy atom. The number of carbonyl (C=O) groups is 2. The lowest BCUT2D eigenvalue weighted by Gasteiger charge is -2.24. The molecule has 1 fully saturated rings. The number of pyridine rings is 1. The molecule has 4 rings (SSSR count). The van der Waals surface area contributed by atoms with Crippen molar-refractivity contribution >= 4 is 28.8 Å². The van der Waals surface area contributed by atoms with E-state index < -0.39 is 17.7 Å². The van der Waals surface area contributed by atoms with Gasteiger partial charge in [-0.15, -0.1) is 11.3 Å². The quantitative estimate of drug-likeness (QED) is 0.359. The highest BCUT2D eigenvalue weighted by molar-refractivity contribution is 7.10. The molecule has 3 aromatic rings. The second-order valence-corrected chi connectivity index (χ2v) is 7.85. The maximum Gasteiger partial charge on any atom is 0.295 e. The fourth-order valence-electron chi connectivity index (χ4n) is 3.61. The lowest BCUT2D eigenvalue weighted by molar-refractivity contribution is -0.140. The van der Waals surface area contributed by atoms with Gasteiger partial charge >= 0.3 is 0 Å². The van der Waals surface area contributed by atoms with E-state index in [1.807, 2.05) is 17.5 Å². The number of hydrogen-bond acceptors (Lipinski definition) is 7. The van der Waals surface area contributed by atoms with Gasteiger partial charge in [0.1, 0.15) is 5.76 Å². The second-order valence-electron chi connectivity index (χ2n) is 6.87. The van der Waals surface area contributed by atoms with Crippen LogP contribution in [0.25, 0.3) is 5.76 Å². The maximum atomic E-state index is 13.0. The van der Waals surface area contributed by atoms with Gasteiger partial charge in [0.2, 0.25) is 0 Å². The van der Waals surface area contributed by atoms with E-state index in [0.717, 1.165) is 10.4 Å². The first kappa shape index (κ1) is 20.6. The average molecular weight is 436 g/mol. The summed E-state index contributed by atoms with van der Waals surface area (Å²) in [4.78, 5) is 32.3. The number of nitrogens with zero attached hydrogens (tertiary/aromatic N) is 2. The van der Waals surface area contributed by atoms with E-state index in [1.54, 1.807) is 42.7 Å². The molecule has 1 N–H and O–H groups in total. The summed E-state index contributed by atoms with van der Waals surface area (Å²) in [5.74, 6) is -0.732. The van der Waals surface area contributed by atoms with Crippen molar-refractivity contribution < 1.29 is 24.2 Å². The fraction of sp³-hybridized carbons (Fsp3) is 0.174. The van der Waals surface area contributed by atoms with Crippen LogP contribution < -0.4 is 9.47 Å². The lowest BCUT2D eigenvalue weighted by Crippen LogP contribution is -2.28. The van der Waals surface area contributed by atoms with Crippen molar-refractivity contribution in [2.45, 2.75) is 12.6 Å². The van der Waals surface area contributed by atoms with Gasteiger partial charge in [-0.3, -0.25) is 14.6 Å². The van der Waals surface area contributed by atoms with Gasteiger partial charge < -0.3 is 19.5 Å². The van der Waals surface area contributed by atoms with Crippen LogP contribution in [-0.4, -0.2) is 40.9 Å². The van der Waals surface area contributed by atoms with E-state index in [0.29, 0.717) is 17.1 Å². The summed E-state index contributed by atoms with van der Waals surface area (Å²) in [6.07, 6.45) is 3.27. The zero-order valence-electron chi connectivity index (χ0n) is 16.9. The van der Waals surface area contributed by atoms with Crippen molar-refractivity contribution in [1.82, 2.24) is 9.88 Å². The van der Waals surface area contributed by atoms with Crippen LogP contribution in [0.2, 0.25) is 0 Å². The molecule has 0 aliphatic carbocycles. The molecule has 158 valence electrons. The SMILES string of the molecule is COc1ccc(/C(O)=C2/C(=O)C(=O)N(Cc3ccncc3)C2c2cccs2)cc1OC. The molecule has 0 bridgehead atoms. The van der Waals surface area contributed by atoms with Crippen LogP contribution in [0.15, 0.2) is 65.8 Å². The third-order valence-electron chi connectivity index (χ3n) is 5.11. The van der Waals surface area contributed by atoms with Crippen LogP contribution >= 0.6 is 11.3 Å². The summed E-state index contributed by atoms with van der Waals surface area (Å²) in [7, 11) is 3.00. The number of aliphatic hydroxyl groups is 1. The average Bonchev–Trinajstić information content (AvgIpc) is 3.41. The zero-order chi connectivity index (χ0) is 22.0. The molecule has 2 aromatic heterocycles. The first-order valence-electron chi connectivity index (χ1n) is 9.48. The highest BCUT2D eigenvalue weighted by Gasteiger charge is 2.46. The minimum absolute atomic E-state index is 0.0497. The molecule has 8 heteroatoms. The first-order chi connectivity index (χ1) is 15.0. The summed E-state index contributed by atoms with van der Waals surface area (Å²) in [5.41, 5.74) is 1.25. The van der Waals surface area contributed by atoms with E-state index >= 15 is 0 Å². The monoisotopic (exact) mass is 436 g/mol. The van der Waals surface area contributed by atoms with Gasteiger partial charge in [0.05, 0.1) is 25.8 Å². The number of thiophene rings is 1. The number of rotatable bonds is 6. The number of methoxy groups -OCH3 is 2. The number of Topliss-reactive ketones (excluding diaryl/α,β-unsaturated/α-hetero) is 1. The van der Waals surface area contributed by atoms with E-state index in [-0.39, 0.29) is 17.9 Å². The van der Waals surface area contributed by atoms with Gasteiger partial charge in [-0.1, -0.05) is 6.07 Å². The Morgan fingerprint density at radius 3 is 2.48 bits per heavy atom. The molecule has 1 amide bonds. The van der Waals surface area contributed by atoms with E-state index in [4.69, 9.17) is 9.47 Å². The standard InChI is InChI=1S/C23H20N2O5S/c1-29-16-6-5-15(12-17(16)30-2)21(26)19-20(18-4-3-11-31-18)25(23(28)22(19)27)13-14-7-9-24-10-8-14/h3-12,20,26H,13H2,1-2H3/b21-19-. The van der Waals surface area contributed by atoms with Gasteiger partial charge in [0.15, 0.2) is 11.5 Å². The number of likely N-dealkylation sites (tertiary alicyclic amines) is 1. The molecule has 1 aliphatic heterocycles. The zero-order valence-corrected chi connectivity index (χ0v) is 17.8. The Morgan fingerprint density at radius 1 is 1.10 bits per heavy atom. The molecule has 0 spiro atoms. The van der Waals surface area contributed by atoms with Gasteiger partial charge in [0, 0.05) is 29.4 Å². The van der Waals surface area contributed by atoms with Crippen LogP contribution in [0.5, 0.6) is 11.5 Å². The predicted molar refractivity (Wildman–Crippen MR) is 116 cm³/mol. The topological polar surface area (TPSA) is 89.0 Å². The molecular weight excluding hydrogens is 416 g/mol. The third kappa shape index (κ3) is 3.77. The summed E-state index contributed by atoms with van der Waals surface area (Å²) >= 11 is 1.42. The highest BCUT2D eigenvalue weighted by Crippen LogP contribution is 2.42. The normalized spacial score (nSPS) is 17.7. The Balaban J connectivity index is 1.83. The Kier molecular flexibility index (Phi) is 5.73. The Labute approximate surface area is 183 Å². The number of benzene rings is 1. The van der Waals surface area contributed by atoms with Crippen molar-refractivity contribution in [2.24, 2.45) is 0 Å². The minimum atomic E-state index is -0.722. The lowest BCUT2D eigenvalue weighted by atomic mass is 9.99. The van der Waals surface area contributed by atoms with Crippen molar-refractivity contribution in [3.63, 3.8) is 0 Å². The number of aromatic nitrogens is 1. The number of hydrogen-bond donors (Lipinski definition) is 1. The van der Waals surface area contributed by atoms with Crippen LogP contribution in [0.3, 0.4) is 0 Å². The van der Waals surface area contributed by atoms with Crippen molar-refractivity contribution in [3.05, 3.63) is 81.8 Å². The highest BCUT2D eigenvalue weighted by atomic mass is 32.1. The maximum absolute atomic E-state index is 13.0. The molecule has 1 saturated heterocycles. The van der Waals surface area contributed by atoms with Crippen LogP contribution in [0.1, 0.15) is 22.0 Å². The predicted octanol–water partition coefficient (Wildman–Crippen LogP) is 3.78. The van der Waals surface area contributed by atoms with E-state index in [1.165, 1.54) is 30.5 Å². The van der Waals surface area contributed by atoms with Crippen LogP contribution in [0.4, 0.5) is 0 Å². The summed E-state index contributed by atoms with van der Waals surface area (Å²) < 4.78 is 10.6. The van der Waals surface area contributed by atoms with Crippen molar-refractivity contribution in [3.8, 4) is 11.5 Å². The van der Waals surface area contributed by atoms with E-state index in [9.17, 15) is 14.7 Å². The van der Waals surface area contributed by atoms with Gasteiger partial charge in [-0.25, -0.2) is 0 Å². The number of ketones is 1. The largest absolute Gasteiger partial charge is 0.507 e. The Bertz CT molecular complexity index is 1140. The smallest absolute Gasteiger partial charge is 0.295 e. The van der Waals surface area contributed by atoms with Gasteiger partial charge in [0.25, 0.3) is 11.7 Å². The number of carbonyl (C=O) groups excluding carboxylic acids is 2. The van der Waals surface area contributed by atoms with Crippen molar-refractivity contribution in [1.29, 1.82) is 0 Å².